The maximum Gasteiger partial charge on any atom is 0.117 e. The number of rotatable bonds is 8. The minimum absolute atomic E-state index is 0.735. The molecule has 0 aromatic heterocycles. The second kappa shape index (κ2) is 8.96. The number of oxime groups is 1. The van der Waals surface area contributed by atoms with Gasteiger partial charge in [0.15, 0.2) is 0 Å². The highest BCUT2D eigenvalue weighted by Gasteiger charge is 1.88. The van der Waals surface area contributed by atoms with Gasteiger partial charge in [-0.15, -0.1) is 0 Å². The van der Waals surface area contributed by atoms with E-state index in [2.05, 4.69) is 18.1 Å². The van der Waals surface area contributed by atoms with E-state index < -0.39 is 0 Å². The molecule has 1 aromatic rings. The van der Waals surface area contributed by atoms with Crippen LogP contribution in [0.1, 0.15) is 38.2 Å². The zero-order chi connectivity index (χ0) is 11.5. The van der Waals surface area contributed by atoms with Gasteiger partial charge in [0.05, 0.1) is 0 Å². The van der Waals surface area contributed by atoms with Crippen molar-refractivity contribution in [2.24, 2.45) is 5.16 Å². The lowest BCUT2D eigenvalue weighted by atomic mass is 10.2. The molecule has 87 valence electrons. The molecule has 0 saturated heterocycles. The number of hydrogen-bond donors (Lipinski definition) is 0. The molecule has 0 heterocycles. The van der Waals surface area contributed by atoms with Gasteiger partial charge in [-0.25, -0.2) is 0 Å². The molecule has 0 unspecified atom stereocenters. The maximum absolute atomic E-state index is 5.16. The first-order valence-corrected chi connectivity index (χ1v) is 6.02. The fraction of sp³-hybridized carbons (Fsp3) is 0.500. The molecule has 0 saturated carbocycles. The summed E-state index contributed by atoms with van der Waals surface area (Å²) < 4.78 is 0. The van der Waals surface area contributed by atoms with Gasteiger partial charge in [-0.1, -0.05) is 49.2 Å². The molecule has 2 heteroatoms. The van der Waals surface area contributed by atoms with E-state index in [0.29, 0.717) is 0 Å². The van der Waals surface area contributed by atoms with Gasteiger partial charge in [0.2, 0.25) is 0 Å². The van der Waals surface area contributed by atoms with Crippen LogP contribution in [0.5, 0.6) is 0 Å². The molecule has 0 bridgehead atoms. The monoisotopic (exact) mass is 218 g/mol. The third-order valence-electron chi connectivity index (χ3n) is 2.35. The predicted molar refractivity (Wildman–Crippen MR) is 67.6 cm³/mol. The fourth-order valence-electron chi connectivity index (χ4n) is 1.40. The van der Waals surface area contributed by atoms with Crippen molar-refractivity contribution in [1.29, 1.82) is 0 Å². The van der Waals surface area contributed by atoms with Gasteiger partial charge >= 0.3 is 0 Å². The van der Waals surface area contributed by atoms with Gasteiger partial charge in [-0.05, 0) is 24.5 Å². The molecule has 1 aromatic carbocycles. The maximum atomic E-state index is 5.16. The second-order valence-electron chi connectivity index (χ2n) is 3.79. The lowest BCUT2D eigenvalue weighted by Crippen LogP contribution is -1.90. The number of hydrogen-bond acceptors (Lipinski definition) is 2. The standard InChI is InChI=1S/C14H20NO/c1-2-3-4-8-13-16-15-12-11-14-9-6-5-7-10-14/h6-7,9-10,12H,2-4,8,11,13H2,1H3. The van der Waals surface area contributed by atoms with E-state index in [0.717, 1.165) is 19.4 Å². The Kier molecular flexibility index (Phi) is 7.14. The topological polar surface area (TPSA) is 21.6 Å². The number of benzene rings is 1. The molecule has 1 rings (SSSR count). The third kappa shape index (κ3) is 6.23. The molecule has 0 aliphatic rings. The van der Waals surface area contributed by atoms with Gasteiger partial charge in [-0.2, -0.15) is 0 Å². The molecule has 0 aliphatic heterocycles. The van der Waals surface area contributed by atoms with E-state index >= 15 is 0 Å². The molecule has 0 fully saturated rings. The summed E-state index contributed by atoms with van der Waals surface area (Å²) in [7, 11) is 0. The molecule has 0 spiro atoms. The predicted octanol–water partition coefficient (Wildman–Crippen LogP) is 3.61. The van der Waals surface area contributed by atoms with Crippen molar-refractivity contribution in [1.82, 2.24) is 0 Å². The summed E-state index contributed by atoms with van der Waals surface area (Å²) in [6, 6.07) is 10.9. The van der Waals surface area contributed by atoms with Gasteiger partial charge in [-0.3, -0.25) is 0 Å². The van der Waals surface area contributed by atoms with E-state index in [1.54, 1.807) is 0 Å². The molecule has 2 nitrogen and oxygen atoms in total. The Hall–Kier alpha value is -1.31. The third-order valence-corrected chi connectivity index (χ3v) is 2.35. The Labute approximate surface area is 98.3 Å². The van der Waals surface area contributed by atoms with E-state index in [4.69, 9.17) is 4.84 Å². The van der Waals surface area contributed by atoms with Crippen molar-refractivity contribution in [2.45, 2.75) is 39.0 Å². The molecule has 0 aliphatic carbocycles. The Balaban J connectivity index is 2.01. The fourth-order valence-corrected chi connectivity index (χ4v) is 1.40. The van der Waals surface area contributed by atoms with Crippen molar-refractivity contribution in [3.05, 3.63) is 35.9 Å². The van der Waals surface area contributed by atoms with Crippen molar-refractivity contribution in [3.8, 4) is 0 Å². The average Bonchev–Trinajstić information content (AvgIpc) is 2.34. The van der Waals surface area contributed by atoms with Crippen LogP contribution in [-0.4, -0.2) is 12.8 Å². The molecule has 0 atom stereocenters. The van der Waals surface area contributed by atoms with Crippen molar-refractivity contribution in [3.63, 3.8) is 0 Å². The van der Waals surface area contributed by atoms with Crippen LogP contribution in [0.3, 0.4) is 0 Å². The summed E-state index contributed by atoms with van der Waals surface area (Å²) in [5.41, 5.74) is 1.23. The molecule has 16 heavy (non-hydrogen) atoms. The summed E-state index contributed by atoms with van der Waals surface area (Å²) in [6.45, 7) is 2.94. The summed E-state index contributed by atoms with van der Waals surface area (Å²) in [6.07, 6.45) is 7.52. The second-order valence-corrected chi connectivity index (χ2v) is 3.79. The molecule has 0 N–H and O–H groups in total. The Morgan fingerprint density at radius 1 is 1.25 bits per heavy atom. The van der Waals surface area contributed by atoms with Crippen molar-refractivity contribution < 1.29 is 4.84 Å². The molecule has 0 amide bonds. The van der Waals surface area contributed by atoms with Crippen LogP contribution in [0.2, 0.25) is 0 Å². The van der Waals surface area contributed by atoms with E-state index in [9.17, 15) is 0 Å². The van der Waals surface area contributed by atoms with Crippen LogP contribution in [0.25, 0.3) is 0 Å². The van der Waals surface area contributed by atoms with Crippen LogP contribution in [-0.2, 0) is 11.3 Å². The van der Waals surface area contributed by atoms with Gasteiger partial charge < -0.3 is 4.84 Å². The highest BCUT2D eigenvalue weighted by Crippen LogP contribution is 1.99. The average molecular weight is 218 g/mol. The van der Waals surface area contributed by atoms with Crippen LogP contribution in [0.4, 0.5) is 0 Å². The number of unbranched alkanes of at least 4 members (excludes halogenated alkanes) is 3. The zero-order valence-corrected chi connectivity index (χ0v) is 9.98. The smallest absolute Gasteiger partial charge is 0.117 e. The van der Waals surface area contributed by atoms with Crippen molar-refractivity contribution >= 4 is 6.21 Å². The van der Waals surface area contributed by atoms with Crippen LogP contribution in [0.15, 0.2) is 29.4 Å². The Morgan fingerprint density at radius 3 is 2.81 bits per heavy atom. The SMILES string of the molecule is CCCCCCON=CCc1cc[c]cc1. The minimum atomic E-state index is 0.735. The lowest BCUT2D eigenvalue weighted by molar-refractivity contribution is 0.140. The van der Waals surface area contributed by atoms with Gasteiger partial charge in [0.1, 0.15) is 6.61 Å². The normalized spacial score (nSPS) is 10.8. The van der Waals surface area contributed by atoms with E-state index in [-0.39, 0.29) is 0 Å². The van der Waals surface area contributed by atoms with Crippen molar-refractivity contribution in [2.75, 3.05) is 6.61 Å². The first-order chi connectivity index (χ1) is 7.93. The van der Waals surface area contributed by atoms with E-state index in [1.807, 2.05) is 30.5 Å². The molecule has 1 radical (unpaired) electrons. The van der Waals surface area contributed by atoms with Crippen LogP contribution >= 0.6 is 0 Å². The highest BCUT2D eigenvalue weighted by atomic mass is 16.6. The summed E-state index contributed by atoms with van der Waals surface area (Å²) in [5, 5.41) is 3.93. The Morgan fingerprint density at radius 2 is 2.06 bits per heavy atom. The lowest BCUT2D eigenvalue weighted by Gasteiger charge is -1.98. The summed E-state index contributed by atoms with van der Waals surface area (Å²) in [5.74, 6) is 0. The van der Waals surface area contributed by atoms with Crippen LogP contribution in [0, 0.1) is 6.07 Å². The quantitative estimate of drug-likeness (QED) is 0.371. The largest absolute Gasteiger partial charge is 0.396 e. The summed E-state index contributed by atoms with van der Waals surface area (Å²) >= 11 is 0. The highest BCUT2D eigenvalue weighted by molar-refractivity contribution is 5.60. The van der Waals surface area contributed by atoms with Gasteiger partial charge in [0.25, 0.3) is 0 Å². The van der Waals surface area contributed by atoms with E-state index in [1.165, 1.54) is 24.8 Å². The van der Waals surface area contributed by atoms with Crippen LogP contribution < -0.4 is 0 Å². The Bertz CT molecular complexity index is 282. The first-order valence-electron chi connectivity index (χ1n) is 6.02. The zero-order valence-electron chi connectivity index (χ0n) is 9.98. The first kappa shape index (κ1) is 12.8. The van der Waals surface area contributed by atoms with Gasteiger partial charge in [0, 0.05) is 12.6 Å². The number of nitrogens with zero attached hydrogens (tertiary/aromatic N) is 1. The minimum Gasteiger partial charge on any atom is -0.396 e. The molecular formula is C14H20NO. The summed E-state index contributed by atoms with van der Waals surface area (Å²) in [4.78, 5) is 5.16. The molecular weight excluding hydrogens is 198 g/mol.